The Morgan fingerprint density at radius 3 is 2.92 bits per heavy atom. The third-order valence-corrected chi connectivity index (χ3v) is 3.95. The Balaban J connectivity index is 1.42. The minimum absolute atomic E-state index is 0.139. The van der Waals surface area contributed by atoms with E-state index in [0.29, 0.717) is 29.6 Å². The van der Waals surface area contributed by atoms with Crippen LogP contribution in [0.3, 0.4) is 0 Å². The maximum Gasteiger partial charge on any atom is 0.257 e. The van der Waals surface area contributed by atoms with Gasteiger partial charge in [-0.3, -0.25) is 4.79 Å². The van der Waals surface area contributed by atoms with Crippen LogP contribution < -0.4 is 5.32 Å². The lowest BCUT2D eigenvalue weighted by molar-refractivity contribution is 0.0835. The van der Waals surface area contributed by atoms with Gasteiger partial charge < -0.3 is 19.1 Å². The smallest absolute Gasteiger partial charge is 0.257 e. The van der Waals surface area contributed by atoms with Crippen LogP contribution in [0.4, 0.5) is 0 Å². The molecule has 1 saturated heterocycles. The van der Waals surface area contributed by atoms with Crippen LogP contribution in [-0.4, -0.2) is 27.8 Å². The first-order valence-corrected chi connectivity index (χ1v) is 8.03. The molecule has 0 bridgehead atoms. The van der Waals surface area contributed by atoms with Crippen LogP contribution in [0.25, 0.3) is 11.3 Å². The van der Waals surface area contributed by atoms with Crippen molar-refractivity contribution in [3.63, 3.8) is 0 Å². The van der Waals surface area contributed by atoms with Crippen molar-refractivity contribution in [2.45, 2.75) is 25.5 Å². The minimum atomic E-state index is -0.316. The highest BCUT2D eigenvalue weighted by Crippen LogP contribution is 2.27. The molecule has 3 heterocycles. The van der Waals surface area contributed by atoms with Gasteiger partial charge in [0.1, 0.15) is 11.7 Å². The van der Waals surface area contributed by atoms with E-state index in [-0.39, 0.29) is 18.6 Å². The van der Waals surface area contributed by atoms with Gasteiger partial charge in [0.2, 0.25) is 0 Å². The molecule has 8 nitrogen and oxygen atoms in total. The van der Waals surface area contributed by atoms with E-state index in [9.17, 15) is 4.79 Å². The summed E-state index contributed by atoms with van der Waals surface area (Å²) in [6.45, 7) is 0.851. The van der Waals surface area contributed by atoms with Gasteiger partial charge in [-0.1, -0.05) is 40.6 Å². The molecule has 1 amide bonds. The second-order valence-corrected chi connectivity index (χ2v) is 5.67. The van der Waals surface area contributed by atoms with Gasteiger partial charge in [0.15, 0.2) is 11.6 Å². The van der Waals surface area contributed by atoms with Gasteiger partial charge in [0.25, 0.3) is 11.8 Å². The van der Waals surface area contributed by atoms with Crippen molar-refractivity contribution < 1.29 is 18.6 Å². The molecule has 3 aromatic rings. The van der Waals surface area contributed by atoms with Crippen LogP contribution in [0.1, 0.15) is 41.0 Å². The fraction of sp³-hybridized carbons (Fsp3) is 0.294. The number of aromatic nitrogens is 3. The molecule has 128 valence electrons. The number of rotatable bonds is 5. The Hall–Kier alpha value is -3.00. The van der Waals surface area contributed by atoms with Crippen molar-refractivity contribution >= 4 is 5.91 Å². The van der Waals surface area contributed by atoms with E-state index < -0.39 is 0 Å². The topological polar surface area (TPSA) is 103 Å². The first-order chi connectivity index (χ1) is 12.3. The molecule has 0 spiro atoms. The number of nitrogens with zero attached hydrogens (tertiary/aromatic N) is 3. The highest BCUT2D eigenvalue weighted by molar-refractivity contribution is 5.99. The van der Waals surface area contributed by atoms with Gasteiger partial charge in [-0.25, -0.2) is 0 Å². The molecular formula is C17H16N4O4. The molecule has 25 heavy (non-hydrogen) atoms. The molecule has 1 atom stereocenters. The summed E-state index contributed by atoms with van der Waals surface area (Å²) in [4.78, 5) is 16.7. The summed E-state index contributed by atoms with van der Waals surface area (Å²) in [6, 6.07) is 9.33. The Morgan fingerprint density at radius 2 is 2.12 bits per heavy atom. The molecule has 0 unspecified atom stereocenters. The number of ether oxygens (including phenoxy) is 1. The Labute approximate surface area is 143 Å². The lowest BCUT2D eigenvalue weighted by atomic mass is 10.1. The molecule has 4 rings (SSSR count). The van der Waals surface area contributed by atoms with Crippen LogP contribution >= 0.6 is 0 Å². The van der Waals surface area contributed by atoms with Crippen LogP contribution in [-0.2, 0) is 11.3 Å². The van der Waals surface area contributed by atoms with E-state index in [1.807, 2.05) is 30.3 Å². The largest absolute Gasteiger partial charge is 0.368 e. The summed E-state index contributed by atoms with van der Waals surface area (Å²) in [6.07, 6.45) is 3.11. The monoisotopic (exact) mass is 340 g/mol. The third-order valence-electron chi connectivity index (χ3n) is 3.95. The molecule has 0 radical (unpaired) electrons. The standard InChI is InChI=1S/C17H16N4O4/c22-16(12-9-19-24-15(12)11-5-2-1-3-6-11)18-10-14-20-17(25-21-14)13-7-4-8-23-13/h1-3,5-6,9,13H,4,7-8,10H2,(H,18,22)/t13-/m1/s1. The Bertz CT molecular complexity index is 852. The first-order valence-electron chi connectivity index (χ1n) is 8.03. The molecule has 1 fully saturated rings. The van der Waals surface area contributed by atoms with Crippen molar-refractivity contribution in [2.75, 3.05) is 6.61 Å². The normalized spacial score (nSPS) is 16.9. The molecule has 0 aliphatic carbocycles. The first kappa shape index (κ1) is 15.5. The predicted octanol–water partition coefficient (Wildman–Crippen LogP) is 2.51. The summed E-state index contributed by atoms with van der Waals surface area (Å²) in [5.41, 5.74) is 1.14. The number of amides is 1. The zero-order valence-electron chi connectivity index (χ0n) is 13.3. The highest BCUT2D eigenvalue weighted by Gasteiger charge is 2.24. The van der Waals surface area contributed by atoms with E-state index in [2.05, 4.69) is 20.6 Å². The maximum absolute atomic E-state index is 12.4. The second kappa shape index (κ2) is 6.86. The van der Waals surface area contributed by atoms with E-state index >= 15 is 0 Å². The summed E-state index contributed by atoms with van der Waals surface area (Å²) in [5, 5.41) is 10.4. The zero-order chi connectivity index (χ0) is 17.1. The van der Waals surface area contributed by atoms with E-state index in [0.717, 1.165) is 18.4 Å². The lowest BCUT2D eigenvalue weighted by Gasteiger charge is -2.02. The van der Waals surface area contributed by atoms with E-state index in [1.165, 1.54) is 6.20 Å². The average molecular weight is 340 g/mol. The molecule has 0 saturated carbocycles. The molecule has 1 aliphatic heterocycles. The van der Waals surface area contributed by atoms with E-state index in [4.69, 9.17) is 13.8 Å². The van der Waals surface area contributed by atoms with Gasteiger partial charge in [-0.05, 0) is 12.8 Å². The summed E-state index contributed by atoms with van der Waals surface area (Å²) in [7, 11) is 0. The average Bonchev–Trinajstić information content (AvgIpc) is 3.41. The van der Waals surface area contributed by atoms with Crippen molar-refractivity contribution in [1.82, 2.24) is 20.6 Å². The number of hydrogen-bond acceptors (Lipinski definition) is 7. The summed E-state index contributed by atoms with van der Waals surface area (Å²) < 4.78 is 15.9. The number of hydrogen-bond donors (Lipinski definition) is 1. The van der Waals surface area contributed by atoms with Crippen molar-refractivity contribution in [3.05, 3.63) is 53.8 Å². The van der Waals surface area contributed by atoms with E-state index in [1.54, 1.807) is 0 Å². The Morgan fingerprint density at radius 1 is 1.24 bits per heavy atom. The Kier molecular flexibility index (Phi) is 4.26. The summed E-state index contributed by atoms with van der Waals surface area (Å²) >= 11 is 0. The number of nitrogens with one attached hydrogen (secondary N) is 1. The number of benzene rings is 1. The molecule has 2 aromatic heterocycles. The predicted molar refractivity (Wildman–Crippen MR) is 85.3 cm³/mol. The fourth-order valence-electron chi connectivity index (χ4n) is 2.70. The maximum atomic E-state index is 12.4. The van der Waals surface area contributed by atoms with Crippen molar-refractivity contribution in [2.24, 2.45) is 0 Å². The second-order valence-electron chi connectivity index (χ2n) is 5.67. The summed E-state index contributed by atoms with van der Waals surface area (Å²) in [5.74, 6) is 0.961. The number of carbonyl (C=O) groups is 1. The molecule has 1 aliphatic rings. The number of carbonyl (C=O) groups excluding carboxylic acids is 1. The van der Waals surface area contributed by atoms with Gasteiger partial charge in [0, 0.05) is 12.2 Å². The highest BCUT2D eigenvalue weighted by atomic mass is 16.5. The SMILES string of the molecule is O=C(NCc1noc([C@H]2CCCO2)n1)c1cnoc1-c1ccccc1. The third kappa shape index (κ3) is 3.29. The van der Waals surface area contributed by atoms with Gasteiger partial charge in [-0.2, -0.15) is 4.98 Å². The van der Waals surface area contributed by atoms with Crippen LogP contribution in [0, 0.1) is 0 Å². The molecule has 1 N–H and O–H groups in total. The van der Waals surface area contributed by atoms with Crippen LogP contribution in [0.5, 0.6) is 0 Å². The van der Waals surface area contributed by atoms with Crippen molar-refractivity contribution in [1.29, 1.82) is 0 Å². The van der Waals surface area contributed by atoms with Gasteiger partial charge in [-0.15, -0.1) is 0 Å². The zero-order valence-corrected chi connectivity index (χ0v) is 13.3. The molecule has 1 aromatic carbocycles. The van der Waals surface area contributed by atoms with Gasteiger partial charge in [0.05, 0.1) is 12.7 Å². The minimum Gasteiger partial charge on any atom is -0.368 e. The van der Waals surface area contributed by atoms with Crippen LogP contribution in [0.2, 0.25) is 0 Å². The molecular weight excluding hydrogens is 324 g/mol. The van der Waals surface area contributed by atoms with Gasteiger partial charge >= 0.3 is 0 Å². The van der Waals surface area contributed by atoms with Crippen molar-refractivity contribution in [3.8, 4) is 11.3 Å². The lowest BCUT2D eigenvalue weighted by Crippen LogP contribution is -2.23. The fourth-order valence-corrected chi connectivity index (χ4v) is 2.70. The van der Waals surface area contributed by atoms with Crippen LogP contribution in [0.15, 0.2) is 45.6 Å². The quantitative estimate of drug-likeness (QED) is 0.761. The molecule has 8 heteroatoms.